The van der Waals surface area contributed by atoms with Crippen molar-refractivity contribution in [3.05, 3.63) is 60.1 Å². The quantitative estimate of drug-likeness (QED) is 0.600. The second kappa shape index (κ2) is 10.0. The Hall–Kier alpha value is -2.24. The van der Waals surface area contributed by atoms with Crippen molar-refractivity contribution in [2.45, 2.75) is 18.9 Å². The van der Waals surface area contributed by atoms with Crippen LogP contribution < -0.4 is 27.4 Å². The Morgan fingerprint density at radius 3 is 2.62 bits per heavy atom. The molecule has 0 saturated carbocycles. The van der Waals surface area contributed by atoms with Crippen LogP contribution in [0, 0.1) is 0 Å². The normalized spacial score (nSPS) is 15.6. The van der Waals surface area contributed by atoms with Gasteiger partial charge in [-0.1, -0.05) is 12.1 Å². The Balaban J connectivity index is 0.00000243. The molecular weight excluding hydrogens is 352 g/mol. The summed E-state index contributed by atoms with van der Waals surface area (Å²) in [7, 11) is 1.64. The number of amides is 1. The van der Waals surface area contributed by atoms with Crippen LogP contribution in [0.2, 0.25) is 0 Å². The first-order chi connectivity index (χ1) is 12.3. The van der Waals surface area contributed by atoms with E-state index in [-0.39, 0.29) is 24.4 Å². The van der Waals surface area contributed by atoms with Crippen LogP contribution in [0.25, 0.3) is 6.08 Å². The molecule has 2 aromatic rings. The molecule has 1 aromatic carbocycles. The number of hydrogen-bond donors (Lipinski definition) is 2. The average Bonchev–Trinajstić information content (AvgIpc) is 3.35. The first-order valence-electron chi connectivity index (χ1n) is 8.74. The van der Waals surface area contributed by atoms with Crippen molar-refractivity contribution in [2.24, 2.45) is 0 Å². The number of furan rings is 1. The number of carbonyl (C=O) groups is 1. The van der Waals surface area contributed by atoms with E-state index in [0.29, 0.717) is 6.54 Å². The van der Waals surface area contributed by atoms with Gasteiger partial charge in [0.25, 0.3) is 0 Å². The Morgan fingerprint density at radius 1 is 1.27 bits per heavy atom. The third-order valence-electron chi connectivity index (χ3n) is 4.65. The fourth-order valence-electron chi connectivity index (χ4n) is 3.26. The van der Waals surface area contributed by atoms with Crippen LogP contribution in [0.3, 0.4) is 0 Å². The van der Waals surface area contributed by atoms with Gasteiger partial charge < -0.3 is 31.8 Å². The SMILES string of the molecule is COc1ccc(C=CC(=O)NCC(c2ccco2)[NH+]2CCCC2)cc1.[Cl-]. The van der Waals surface area contributed by atoms with Gasteiger partial charge in [-0.2, -0.15) is 0 Å². The molecule has 0 radical (unpaired) electrons. The molecule has 2 N–H and O–H groups in total. The molecule has 1 unspecified atom stereocenters. The molecule has 140 valence electrons. The van der Waals surface area contributed by atoms with Gasteiger partial charge in [0.2, 0.25) is 5.91 Å². The molecule has 2 heterocycles. The van der Waals surface area contributed by atoms with Crippen molar-refractivity contribution < 1.29 is 31.3 Å². The molecule has 0 spiro atoms. The van der Waals surface area contributed by atoms with Gasteiger partial charge in [0.1, 0.15) is 5.75 Å². The van der Waals surface area contributed by atoms with Gasteiger partial charge in [0.05, 0.1) is 33.0 Å². The smallest absolute Gasteiger partial charge is 0.244 e. The van der Waals surface area contributed by atoms with Gasteiger partial charge in [-0.3, -0.25) is 4.79 Å². The maximum Gasteiger partial charge on any atom is 0.244 e. The van der Waals surface area contributed by atoms with Crippen LogP contribution >= 0.6 is 0 Å². The van der Waals surface area contributed by atoms with Crippen molar-refractivity contribution in [1.82, 2.24) is 5.32 Å². The number of ether oxygens (including phenoxy) is 1. The molecule has 5 nitrogen and oxygen atoms in total. The predicted octanol–water partition coefficient (Wildman–Crippen LogP) is -1.16. The summed E-state index contributed by atoms with van der Waals surface area (Å²) in [5, 5.41) is 3.01. The second-order valence-corrected chi connectivity index (χ2v) is 6.29. The number of carbonyl (C=O) groups excluding carboxylic acids is 1. The number of rotatable bonds is 7. The summed E-state index contributed by atoms with van der Waals surface area (Å²) in [6.45, 7) is 2.83. The Morgan fingerprint density at radius 2 is 2.00 bits per heavy atom. The number of halogens is 1. The van der Waals surface area contributed by atoms with Gasteiger partial charge in [-0.15, -0.1) is 0 Å². The van der Waals surface area contributed by atoms with Crippen molar-refractivity contribution in [3.63, 3.8) is 0 Å². The molecule has 1 aliphatic heterocycles. The highest BCUT2D eigenvalue weighted by molar-refractivity contribution is 5.91. The number of benzene rings is 1. The molecule has 1 amide bonds. The van der Waals surface area contributed by atoms with E-state index in [2.05, 4.69) is 5.32 Å². The maximum absolute atomic E-state index is 12.2. The van der Waals surface area contributed by atoms with Gasteiger partial charge in [0.15, 0.2) is 11.8 Å². The van der Waals surface area contributed by atoms with Gasteiger partial charge in [0, 0.05) is 18.9 Å². The van der Waals surface area contributed by atoms with Crippen molar-refractivity contribution >= 4 is 12.0 Å². The molecule has 0 aliphatic carbocycles. The van der Waals surface area contributed by atoms with Gasteiger partial charge in [-0.05, 0) is 35.9 Å². The molecule has 6 heteroatoms. The third kappa shape index (κ3) is 5.38. The van der Waals surface area contributed by atoms with Gasteiger partial charge >= 0.3 is 0 Å². The number of methoxy groups -OCH3 is 1. The first kappa shape index (κ1) is 20.1. The fraction of sp³-hybridized carbons (Fsp3) is 0.350. The lowest BCUT2D eigenvalue weighted by atomic mass is 10.2. The van der Waals surface area contributed by atoms with Crippen molar-refractivity contribution in [2.75, 3.05) is 26.7 Å². The van der Waals surface area contributed by atoms with E-state index in [1.807, 2.05) is 36.4 Å². The zero-order valence-corrected chi connectivity index (χ0v) is 15.7. The standard InChI is InChI=1S/C20H24N2O3.ClH/c1-24-17-9-6-16(7-10-17)8-11-20(23)21-15-18(19-5-4-14-25-19)22-12-2-3-13-22;/h4-11,14,18H,2-3,12-13,15H2,1H3,(H,21,23);1H. The Labute approximate surface area is 160 Å². The second-order valence-electron chi connectivity index (χ2n) is 6.29. The number of likely N-dealkylation sites (tertiary alicyclic amines) is 1. The summed E-state index contributed by atoms with van der Waals surface area (Å²) in [4.78, 5) is 13.6. The maximum atomic E-state index is 12.2. The Kier molecular flexibility index (Phi) is 7.75. The zero-order chi connectivity index (χ0) is 17.5. The average molecular weight is 377 g/mol. The van der Waals surface area contributed by atoms with E-state index >= 15 is 0 Å². The van der Waals surface area contributed by atoms with Crippen LogP contribution in [0.15, 0.2) is 53.2 Å². The van der Waals surface area contributed by atoms with E-state index in [1.54, 1.807) is 25.5 Å². The zero-order valence-electron chi connectivity index (χ0n) is 14.9. The summed E-state index contributed by atoms with van der Waals surface area (Å²) >= 11 is 0. The van der Waals surface area contributed by atoms with E-state index in [0.717, 1.165) is 30.2 Å². The van der Waals surface area contributed by atoms with E-state index in [1.165, 1.54) is 17.7 Å². The lowest BCUT2D eigenvalue weighted by Crippen LogP contribution is -3.11. The molecule has 3 rings (SSSR count). The largest absolute Gasteiger partial charge is 1.00 e. The fourth-order valence-corrected chi connectivity index (χ4v) is 3.26. The minimum Gasteiger partial charge on any atom is -1.00 e. The van der Waals surface area contributed by atoms with Crippen LogP contribution in [-0.2, 0) is 4.79 Å². The summed E-state index contributed by atoms with van der Waals surface area (Å²) < 4.78 is 10.7. The summed E-state index contributed by atoms with van der Waals surface area (Å²) in [6.07, 6.45) is 7.54. The summed E-state index contributed by atoms with van der Waals surface area (Å²) in [6, 6.07) is 11.7. The third-order valence-corrected chi connectivity index (χ3v) is 4.65. The predicted molar refractivity (Wildman–Crippen MR) is 96.4 cm³/mol. The minimum absolute atomic E-state index is 0. The highest BCUT2D eigenvalue weighted by Crippen LogP contribution is 2.13. The highest BCUT2D eigenvalue weighted by Gasteiger charge is 2.29. The first-order valence-corrected chi connectivity index (χ1v) is 8.74. The monoisotopic (exact) mass is 376 g/mol. The van der Waals surface area contributed by atoms with E-state index in [4.69, 9.17) is 9.15 Å². The molecule has 1 atom stereocenters. The van der Waals surface area contributed by atoms with Crippen molar-refractivity contribution in [1.29, 1.82) is 0 Å². The van der Waals surface area contributed by atoms with Crippen LogP contribution in [0.4, 0.5) is 0 Å². The lowest BCUT2D eigenvalue weighted by molar-refractivity contribution is -0.919. The van der Waals surface area contributed by atoms with Crippen LogP contribution in [0.5, 0.6) is 5.75 Å². The number of nitrogens with one attached hydrogen (secondary N) is 2. The Bertz CT molecular complexity index is 692. The molecule has 1 fully saturated rings. The van der Waals surface area contributed by atoms with Gasteiger partial charge in [-0.25, -0.2) is 0 Å². The van der Waals surface area contributed by atoms with E-state index < -0.39 is 0 Å². The molecule has 0 bridgehead atoms. The summed E-state index contributed by atoms with van der Waals surface area (Å²) in [5.41, 5.74) is 0.962. The summed E-state index contributed by atoms with van der Waals surface area (Å²) in [5.74, 6) is 1.65. The molecule has 1 saturated heterocycles. The molecule has 1 aromatic heterocycles. The number of quaternary nitrogens is 1. The van der Waals surface area contributed by atoms with E-state index in [9.17, 15) is 4.79 Å². The van der Waals surface area contributed by atoms with Crippen molar-refractivity contribution in [3.8, 4) is 5.75 Å². The minimum atomic E-state index is -0.0917. The topological polar surface area (TPSA) is 55.9 Å². The van der Waals surface area contributed by atoms with Crippen LogP contribution in [-0.4, -0.2) is 32.7 Å². The molecular formula is C20H25ClN2O3. The lowest BCUT2D eigenvalue weighted by Gasteiger charge is -2.22. The highest BCUT2D eigenvalue weighted by atomic mass is 35.5. The molecule has 26 heavy (non-hydrogen) atoms. The number of hydrogen-bond acceptors (Lipinski definition) is 3. The molecule has 1 aliphatic rings. The van der Waals surface area contributed by atoms with Crippen LogP contribution in [0.1, 0.15) is 30.2 Å².